The number of alkyl halides is 4. The molecule has 5 heterocycles. The number of carbonyl (C=O) groups is 12. The van der Waals surface area contributed by atoms with Crippen LogP contribution in [0.4, 0.5) is 17.6 Å². The average molecular weight is 1600 g/mol. The van der Waals surface area contributed by atoms with Gasteiger partial charge < -0.3 is 70.9 Å². The zero-order valence-corrected chi connectivity index (χ0v) is 64.7. The van der Waals surface area contributed by atoms with Crippen molar-refractivity contribution in [1.29, 1.82) is 10.5 Å². The molecule has 2 unspecified atom stereocenters. The number of likely N-dealkylation sites (tertiary alicyclic amines) is 2. The molecular formula is C76H100F4N16O18. The Morgan fingerprint density at radius 3 is 1.38 bits per heavy atom. The molecule has 0 spiro atoms. The van der Waals surface area contributed by atoms with Crippen LogP contribution in [0.15, 0.2) is 60.9 Å². The molecule has 4 aromatic rings. The van der Waals surface area contributed by atoms with Gasteiger partial charge in [-0.15, -0.1) is 0 Å². The number of hydrogen-bond donors (Lipinski definition) is 8. The molecule has 3 fully saturated rings. The smallest absolute Gasteiger partial charge is 0.329 e. The lowest BCUT2D eigenvalue weighted by atomic mass is 10.1. The second kappa shape index (κ2) is 42.2. The molecular weight excluding hydrogens is 1500 g/mol. The number of fused-ring (bicyclic) bond motifs is 2. The molecule has 3 aliphatic heterocycles. The number of unbranched alkanes of at least 4 members (excludes halogenated alkanes) is 2. The van der Waals surface area contributed by atoms with Gasteiger partial charge in [0, 0.05) is 114 Å². The van der Waals surface area contributed by atoms with Gasteiger partial charge in [0.15, 0.2) is 0 Å². The summed E-state index contributed by atoms with van der Waals surface area (Å²) < 4.78 is 79.4. The Kier molecular flexibility index (Phi) is 33.4. The number of amides is 8. The second-order valence-corrected chi connectivity index (χ2v) is 30.0. The summed E-state index contributed by atoms with van der Waals surface area (Å²) in [4.78, 5) is 176. The van der Waals surface area contributed by atoms with Crippen LogP contribution < -0.4 is 41.4 Å². The monoisotopic (exact) mass is 1600 g/mol. The van der Waals surface area contributed by atoms with Gasteiger partial charge in [0.2, 0.25) is 35.4 Å². The standard InChI is InChI=1S/C76H100F4N16O18/c1-73(2,3)113-68(106)46-94-31-26-91(25-27-92(44-66(102)103)28-29-93(30-32-94)45-67(104)105)43-63(99)90-60(72(110)114-74(4,5)6)16-18-62(98)89-59(71(109)86-22-8-10-34-112-52-12-14-58-56(36-52)54(20-24-84-58)70(108)88-42-65(101)96-48-76(79,80)38-50(96)40-82)15-17-61(97)85-21-7-9-33-111-51-11-13-57-55(35-51)53(19-23-83-57)69(107)87-41-64(100)95-47-75(77,78)37-49(95)39-81/h11-14,19-20,23-24,35-36,49-50,59-60H,7-10,15-18,21-22,25-34,37-38,41-48H2,1-6H3,(H,85,97)(H,86,109)(H,87,107)(H,88,108)(H,89,98)(H,90,99)(H,102,103)(H,104,105)/t49?,50?,59-,60-/m0/s1. The van der Waals surface area contributed by atoms with Crippen molar-refractivity contribution in [3.05, 3.63) is 72.1 Å². The number of ether oxygens (including phenoxy) is 4. The van der Waals surface area contributed by atoms with E-state index in [4.69, 9.17) is 18.9 Å². The summed E-state index contributed by atoms with van der Waals surface area (Å²) in [6, 6.07) is 10.3. The summed E-state index contributed by atoms with van der Waals surface area (Å²) in [5.74, 6) is -15.2. The number of benzene rings is 2. The lowest BCUT2D eigenvalue weighted by Gasteiger charge is -2.33. The summed E-state index contributed by atoms with van der Waals surface area (Å²) in [6.45, 7) is 7.15. The fourth-order valence-corrected chi connectivity index (χ4v) is 12.7. The lowest BCUT2D eigenvalue weighted by Crippen LogP contribution is -2.52. The number of carboxylic acid groups (broad SMARTS) is 2. The molecule has 8 amide bonds. The number of aromatic nitrogens is 2. The van der Waals surface area contributed by atoms with E-state index in [-0.39, 0.29) is 129 Å². The molecule has 620 valence electrons. The van der Waals surface area contributed by atoms with Gasteiger partial charge in [-0.3, -0.25) is 82.3 Å². The lowest BCUT2D eigenvalue weighted by molar-refractivity contribution is -0.159. The van der Waals surface area contributed by atoms with Crippen molar-refractivity contribution in [1.82, 2.24) is 71.3 Å². The Hall–Kier alpha value is -11.0. The van der Waals surface area contributed by atoms with Gasteiger partial charge in [0.05, 0.1) is 99.9 Å². The zero-order valence-electron chi connectivity index (χ0n) is 64.7. The highest BCUT2D eigenvalue weighted by Gasteiger charge is 2.48. The van der Waals surface area contributed by atoms with Crippen molar-refractivity contribution in [2.45, 2.75) is 153 Å². The third-order valence-electron chi connectivity index (χ3n) is 18.3. The van der Waals surface area contributed by atoms with E-state index in [2.05, 4.69) is 41.9 Å². The number of nitrogens with one attached hydrogen (secondary N) is 6. The van der Waals surface area contributed by atoms with Crippen LogP contribution in [0.25, 0.3) is 21.8 Å². The van der Waals surface area contributed by atoms with Crippen molar-refractivity contribution in [3.63, 3.8) is 0 Å². The summed E-state index contributed by atoms with van der Waals surface area (Å²) in [7, 11) is 0. The minimum atomic E-state index is -3.25. The third kappa shape index (κ3) is 30.2. The molecule has 0 bridgehead atoms. The normalized spacial score (nSPS) is 17.6. The second-order valence-electron chi connectivity index (χ2n) is 30.0. The maximum atomic E-state index is 14.2. The number of aliphatic carboxylic acids is 2. The van der Waals surface area contributed by atoms with Crippen LogP contribution in [-0.4, -0.2) is 299 Å². The Morgan fingerprint density at radius 1 is 0.526 bits per heavy atom. The Balaban J connectivity index is 0.969. The third-order valence-corrected chi connectivity index (χ3v) is 18.3. The van der Waals surface area contributed by atoms with Crippen LogP contribution in [0.1, 0.15) is 126 Å². The van der Waals surface area contributed by atoms with Crippen LogP contribution in [-0.2, 0) is 57.4 Å². The average Bonchev–Trinajstić information content (AvgIpc) is 1.32. The summed E-state index contributed by atoms with van der Waals surface area (Å²) in [5, 5.41) is 54.7. The number of rotatable bonds is 36. The quantitative estimate of drug-likeness (QED) is 0.0184. The van der Waals surface area contributed by atoms with Crippen molar-refractivity contribution >= 4 is 92.9 Å². The predicted molar refractivity (Wildman–Crippen MR) is 400 cm³/mol. The number of pyridine rings is 2. The largest absolute Gasteiger partial charge is 0.494 e. The Bertz CT molecular complexity index is 4190. The first kappa shape index (κ1) is 90.2. The number of nitrogens with zero attached hydrogens (tertiary/aromatic N) is 10. The molecule has 38 heteroatoms. The van der Waals surface area contributed by atoms with Gasteiger partial charge in [-0.25, -0.2) is 22.4 Å². The molecule has 8 N–H and O–H groups in total. The number of carbonyl (C=O) groups excluding carboxylic acids is 10. The van der Waals surface area contributed by atoms with E-state index in [0.29, 0.717) is 59.0 Å². The van der Waals surface area contributed by atoms with Crippen LogP contribution in [0.5, 0.6) is 11.5 Å². The SMILES string of the molecule is CC(C)(C)OC(=O)CN1CCN(CC(=O)O)CCN(CC(=O)O)CCN(CC(=O)N[C@@H](CCC(=O)N[C@@H](CCC(=O)NCCCCOc2ccc3nccc(C(=O)NCC(=O)N4CC(F)(F)CC4C#N)c3c2)C(=O)NCCCCOc2ccc3nccc(C(=O)NCC(=O)N4CC(F)(F)CC4C#N)c3c2)C(=O)OC(C)(C)C)CC1. The molecule has 0 saturated carbocycles. The topological polar surface area (TPSA) is 447 Å². The molecule has 0 radical (unpaired) electrons. The summed E-state index contributed by atoms with van der Waals surface area (Å²) in [6.07, 6.45) is 1.37. The molecule has 4 atom stereocenters. The van der Waals surface area contributed by atoms with Gasteiger partial charge >= 0.3 is 23.9 Å². The highest BCUT2D eigenvalue weighted by molar-refractivity contribution is 6.08. The Morgan fingerprint density at radius 2 is 0.939 bits per heavy atom. The molecule has 3 aliphatic rings. The van der Waals surface area contributed by atoms with Crippen LogP contribution in [0.3, 0.4) is 0 Å². The highest BCUT2D eigenvalue weighted by Crippen LogP contribution is 2.33. The Labute approximate surface area is 656 Å². The zero-order chi connectivity index (χ0) is 83.5. The van der Waals surface area contributed by atoms with E-state index in [0.717, 1.165) is 9.80 Å². The summed E-state index contributed by atoms with van der Waals surface area (Å²) in [5.41, 5.74) is -0.879. The predicted octanol–water partition coefficient (Wildman–Crippen LogP) is 2.62. The van der Waals surface area contributed by atoms with E-state index >= 15 is 0 Å². The van der Waals surface area contributed by atoms with E-state index in [1.54, 1.807) is 110 Å². The minimum Gasteiger partial charge on any atom is -0.494 e. The van der Waals surface area contributed by atoms with Crippen LogP contribution in [0, 0.1) is 22.7 Å². The first-order chi connectivity index (χ1) is 53.8. The van der Waals surface area contributed by atoms with Crippen LogP contribution in [0.2, 0.25) is 0 Å². The van der Waals surface area contributed by atoms with Crippen molar-refractivity contribution in [3.8, 4) is 23.6 Å². The molecule has 2 aromatic heterocycles. The van der Waals surface area contributed by atoms with Crippen LogP contribution >= 0.6 is 0 Å². The van der Waals surface area contributed by atoms with E-state index in [1.807, 2.05) is 0 Å². The van der Waals surface area contributed by atoms with Crippen molar-refractivity contribution in [2.75, 3.05) is 131 Å². The van der Waals surface area contributed by atoms with Gasteiger partial charge in [0.1, 0.15) is 46.9 Å². The fraction of sp³-hybridized carbons (Fsp3) is 0.579. The molecule has 7 rings (SSSR count). The maximum Gasteiger partial charge on any atom is 0.329 e. The molecule has 2 aromatic carbocycles. The number of hydrogen-bond acceptors (Lipinski definition) is 24. The molecule has 3 saturated heterocycles. The molecule has 0 aliphatic carbocycles. The maximum absolute atomic E-state index is 14.2. The van der Waals surface area contributed by atoms with E-state index in [9.17, 15) is 95.8 Å². The van der Waals surface area contributed by atoms with Gasteiger partial charge in [-0.2, -0.15) is 10.5 Å². The van der Waals surface area contributed by atoms with Gasteiger partial charge in [0.25, 0.3) is 23.7 Å². The fourth-order valence-electron chi connectivity index (χ4n) is 12.7. The van der Waals surface area contributed by atoms with E-state index in [1.165, 1.54) is 24.5 Å². The minimum absolute atomic E-state index is 0.0543. The number of nitriles is 2. The highest BCUT2D eigenvalue weighted by atomic mass is 19.3. The summed E-state index contributed by atoms with van der Waals surface area (Å²) >= 11 is 0. The van der Waals surface area contributed by atoms with Crippen molar-refractivity contribution < 1.29 is 104 Å². The number of carboxylic acids is 2. The first-order valence-corrected chi connectivity index (χ1v) is 37.5. The molecule has 34 nitrogen and oxygen atoms in total. The molecule has 114 heavy (non-hydrogen) atoms. The number of halogens is 4. The first-order valence-electron chi connectivity index (χ1n) is 37.5. The van der Waals surface area contributed by atoms with E-state index < -0.39 is 170 Å². The number of esters is 2. The van der Waals surface area contributed by atoms with Gasteiger partial charge in [-0.1, -0.05) is 0 Å². The van der Waals surface area contributed by atoms with Gasteiger partial charge in [-0.05, 0) is 129 Å². The van der Waals surface area contributed by atoms with Crippen molar-refractivity contribution in [2.24, 2.45) is 0 Å².